The Labute approximate surface area is 212 Å². The van der Waals surface area contributed by atoms with Crippen LogP contribution in [0.2, 0.25) is 0 Å². The second-order valence-electron chi connectivity index (χ2n) is 10.1. The number of amides is 1. The molecule has 37 heavy (non-hydrogen) atoms. The van der Waals surface area contributed by atoms with Gasteiger partial charge in [0.25, 0.3) is 6.43 Å². The number of likely N-dealkylation sites (tertiary alicyclic amines) is 1. The normalized spacial score (nSPS) is 15.9. The fourth-order valence-corrected chi connectivity index (χ4v) is 4.39. The first-order valence-electron chi connectivity index (χ1n) is 11.8. The lowest BCUT2D eigenvalue weighted by Gasteiger charge is -2.45. The number of carbonyl (C=O) groups excluding carboxylic acids is 1. The summed E-state index contributed by atoms with van der Waals surface area (Å²) in [5.74, 6) is -0.704. The summed E-state index contributed by atoms with van der Waals surface area (Å²) in [6, 6.07) is 8.02. The van der Waals surface area contributed by atoms with Crippen LogP contribution < -0.4 is 10.1 Å². The number of ether oxygens (including phenoxy) is 2. The molecule has 1 atom stereocenters. The summed E-state index contributed by atoms with van der Waals surface area (Å²) in [5.41, 5.74) is -1.95. The van der Waals surface area contributed by atoms with Crippen molar-refractivity contribution in [1.29, 1.82) is 0 Å². The third-order valence-electron chi connectivity index (χ3n) is 6.21. The Morgan fingerprint density at radius 3 is 2.46 bits per heavy atom. The van der Waals surface area contributed by atoms with Gasteiger partial charge in [0.2, 0.25) is 0 Å². The number of nitrogens with one attached hydrogen (secondary N) is 1. The number of fused-ring (bicyclic) bond motifs is 1. The monoisotopic (exact) mass is 519 g/mol. The lowest BCUT2D eigenvalue weighted by molar-refractivity contribution is -0.0545. The molecule has 2 aromatic carbocycles. The van der Waals surface area contributed by atoms with Crippen LogP contribution in [0.15, 0.2) is 42.6 Å². The Bertz CT molecular complexity index is 1320. The summed E-state index contributed by atoms with van der Waals surface area (Å²) in [5, 5.41) is 3.67. The third kappa shape index (κ3) is 5.28. The molecular weight excluding hydrogens is 490 g/mol. The van der Waals surface area contributed by atoms with Gasteiger partial charge in [-0.25, -0.2) is 22.4 Å². The lowest BCUT2D eigenvalue weighted by atomic mass is 9.86. The first kappa shape index (κ1) is 26.5. The maximum absolute atomic E-state index is 16.0. The molecule has 0 spiro atoms. The van der Waals surface area contributed by atoms with E-state index in [0.717, 1.165) is 6.07 Å². The first-order valence-corrected chi connectivity index (χ1v) is 11.8. The van der Waals surface area contributed by atoms with E-state index >= 15 is 4.39 Å². The Kier molecular flexibility index (Phi) is 6.96. The highest BCUT2D eigenvalue weighted by Crippen LogP contribution is 2.44. The number of hydrogen-bond donors (Lipinski definition) is 1. The minimum atomic E-state index is -2.94. The fraction of sp³-hybridized carbons (Fsp3) is 0.407. The molecule has 1 amide bonds. The van der Waals surface area contributed by atoms with Gasteiger partial charge in [-0.2, -0.15) is 0 Å². The second-order valence-corrected chi connectivity index (χ2v) is 10.1. The van der Waals surface area contributed by atoms with E-state index in [1.165, 1.54) is 30.3 Å². The van der Waals surface area contributed by atoms with Crippen molar-refractivity contribution in [3.8, 4) is 5.75 Å². The average Bonchev–Trinajstić information content (AvgIpc) is 2.80. The molecule has 4 rings (SSSR count). The number of halogens is 4. The molecule has 0 saturated carbocycles. The van der Waals surface area contributed by atoms with Gasteiger partial charge in [0.15, 0.2) is 5.67 Å². The summed E-state index contributed by atoms with van der Waals surface area (Å²) in [6.45, 7) is 6.42. The molecule has 3 aromatic rings. The van der Waals surface area contributed by atoms with Crippen LogP contribution in [0.5, 0.6) is 5.75 Å². The molecule has 6 nitrogen and oxygen atoms in total. The summed E-state index contributed by atoms with van der Waals surface area (Å²) in [7, 11) is 1.42. The topological polar surface area (TPSA) is 63.7 Å². The average molecular weight is 520 g/mol. The number of aromatic nitrogens is 1. The van der Waals surface area contributed by atoms with Crippen molar-refractivity contribution in [3.63, 3.8) is 0 Å². The predicted molar refractivity (Wildman–Crippen MR) is 132 cm³/mol. The van der Waals surface area contributed by atoms with Crippen LogP contribution >= 0.6 is 0 Å². The van der Waals surface area contributed by atoms with Crippen molar-refractivity contribution >= 4 is 22.7 Å². The van der Waals surface area contributed by atoms with Crippen LogP contribution in [0.4, 0.5) is 28.0 Å². The number of methoxy groups -OCH3 is 1. The van der Waals surface area contributed by atoms with Crippen molar-refractivity contribution in [2.45, 2.75) is 51.4 Å². The van der Waals surface area contributed by atoms with Gasteiger partial charge in [0.05, 0.1) is 37.3 Å². The molecule has 2 heterocycles. The van der Waals surface area contributed by atoms with Gasteiger partial charge in [0, 0.05) is 34.5 Å². The van der Waals surface area contributed by atoms with E-state index in [9.17, 15) is 18.0 Å². The van der Waals surface area contributed by atoms with Crippen LogP contribution in [0, 0.1) is 5.82 Å². The summed E-state index contributed by atoms with van der Waals surface area (Å²) >= 11 is 0. The molecule has 1 fully saturated rings. The predicted octanol–water partition coefficient (Wildman–Crippen LogP) is 6.91. The zero-order chi connectivity index (χ0) is 27.1. The van der Waals surface area contributed by atoms with Crippen molar-refractivity contribution in [3.05, 3.63) is 65.1 Å². The maximum atomic E-state index is 16.0. The zero-order valence-corrected chi connectivity index (χ0v) is 21.2. The van der Waals surface area contributed by atoms with Crippen LogP contribution in [-0.2, 0) is 10.4 Å². The number of benzene rings is 2. The van der Waals surface area contributed by atoms with E-state index in [-0.39, 0.29) is 30.0 Å². The van der Waals surface area contributed by atoms with Crippen LogP contribution in [0.3, 0.4) is 0 Å². The van der Waals surface area contributed by atoms with Gasteiger partial charge >= 0.3 is 6.09 Å². The van der Waals surface area contributed by atoms with E-state index < -0.39 is 41.2 Å². The zero-order valence-electron chi connectivity index (χ0n) is 21.2. The Balaban J connectivity index is 1.66. The van der Waals surface area contributed by atoms with E-state index in [0.29, 0.717) is 16.6 Å². The number of alkyl halides is 3. The minimum absolute atomic E-state index is 0.0745. The van der Waals surface area contributed by atoms with E-state index in [2.05, 4.69) is 10.3 Å². The largest absolute Gasteiger partial charge is 0.496 e. The second kappa shape index (κ2) is 9.72. The smallest absolute Gasteiger partial charge is 0.410 e. The molecule has 0 aliphatic carbocycles. The highest BCUT2D eigenvalue weighted by molar-refractivity contribution is 5.93. The number of carbonyl (C=O) groups is 1. The van der Waals surface area contributed by atoms with Crippen LogP contribution in [0.1, 0.15) is 56.9 Å². The SMILES string of the molecule is COc1cc2nccc(N[C@H](C)c3cccc(C(F)F)c3F)c2cc1C1(F)CN(C(=O)OC(C)(C)C)C1. The standard InChI is InChI=1S/C27H29F4N3O3/c1-15(16-7-6-8-17(23(16)28)24(29)30)33-20-9-10-32-21-12-22(36-5)19(11-18(20)21)27(31)13-34(14-27)25(35)37-26(2,3)4/h6-12,15,24H,13-14H2,1-5H3,(H,32,33)/t15-/m1/s1. The highest BCUT2D eigenvalue weighted by Gasteiger charge is 2.50. The van der Waals surface area contributed by atoms with Gasteiger partial charge in [-0.1, -0.05) is 18.2 Å². The molecular formula is C27H29F4N3O3. The third-order valence-corrected chi connectivity index (χ3v) is 6.21. The number of nitrogens with zero attached hydrogens (tertiary/aromatic N) is 2. The van der Waals surface area contributed by atoms with E-state index in [1.807, 2.05) is 0 Å². The summed E-state index contributed by atoms with van der Waals surface area (Å²) in [4.78, 5) is 18.0. The van der Waals surface area contributed by atoms with Gasteiger partial charge in [-0.05, 0) is 39.8 Å². The number of pyridine rings is 1. The van der Waals surface area contributed by atoms with Gasteiger partial charge in [-0.3, -0.25) is 4.98 Å². The fourth-order valence-electron chi connectivity index (χ4n) is 4.39. The molecule has 1 aliphatic heterocycles. The molecule has 1 aliphatic rings. The molecule has 10 heteroatoms. The molecule has 1 N–H and O–H groups in total. The Morgan fingerprint density at radius 1 is 1.16 bits per heavy atom. The minimum Gasteiger partial charge on any atom is -0.496 e. The Morgan fingerprint density at radius 2 is 1.84 bits per heavy atom. The van der Waals surface area contributed by atoms with Gasteiger partial charge in [0.1, 0.15) is 17.2 Å². The molecule has 1 saturated heterocycles. The van der Waals surface area contributed by atoms with Crippen molar-refractivity contribution < 1.29 is 31.8 Å². The van der Waals surface area contributed by atoms with Crippen molar-refractivity contribution in [2.75, 3.05) is 25.5 Å². The highest BCUT2D eigenvalue weighted by atomic mass is 19.3. The molecule has 1 aromatic heterocycles. The molecule has 0 unspecified atom stereocenters. The summed E-state index contributed by atoms with van der Waals surface area (Å²) < 4.78 is 67.9. The van der Waals surface area contributed by atoms with Crippen molar-refractivity contribution in [2.24, 2.45) is 0 Å². The van der Waals surface area contributed by atoms with Crippen molar-refractivity contribution in [1.82, 2.24) is 9.88 Å². The molecule has 198 valence electrons. The van der Waals surface area contributed by atoms with E-state index in [1.54, 1.807) is 45.9 Å². The number of anilines is 1. The van der Waals surface area contributed by atoms with Gasteiger partial charge in [-0.15, -0.1) is 0 Å². The maximum Gasteiger partial charge on any atom is 0.410 e. The molecule has 0 bridgehead atoms. The van der Waals surface area contributed by atoms with E-state index in [4.69, 9.17) is 9.47 Å². The number of rotatable bonds is 6. The van der Waals surface area contributed by atoms with Crippen LogP contribution in [-0.4, -0.2) is 41.8 Å². The quantitative estimate of drug-likeness (QED) is 0.359. The lowest BCUT2D eigenvalue weighted by Crippen LogP contribution is -2.59. The Hall–Kier alpha value is -3.56. The van der Waals surface area contributed by atoms with Crippen LogP contribution in [0.25, 0.3) is 10.9 Å². The molecule has 0 radical (unpaired) electrons. The van der Waals surface area contributed by atoms with Gasteiger partial charge < -0.3 is 19.7 Å². The first-order chi connectivity index (χ1) is 17.3. The number of hydrogen-bond acceptors (Lipinski definition) is 5. The summed E-state index contributed by atoms with van der Waals surface area (Å²) in [6.07, 6.45) is -2.01.